The molecular weight excluding hydrogens is 388 g/mol. The molecular formula is C24H24N6O. The summed E-state index contributed by atoms with van der Waals surface area (Å²) in [5.41, 5.74) is 12.9. The van der Waals surface area contributed by atoms with Crippen molar-refractivity contribution in [2.45, 2.75) is 6.92 Å². The molecule has 3 aromatic carbocycles. The van der Waals surface area contributed by atoms with Gasteiger partial charge in [0.15, 0.2) is 11.6 Å². The van der Waals surface area contributed by atoms with E-state index in [9.17, 15) is 0 Å². The molecule has 0 aliphatic heterocycles. The topological polar surface area (TPSA) is 88.3 Å². The standard InChI is InChI=1S/C24H24N6O/c1-2-31-21-15-13-18(14-16-21)28-23-22(25)24(27-17-26-23)29-30(19-9-5-3-6-10-19)20-11-7-4-8-12-20/h3-17H,2,25H2,1H3,(H2,26,27,28,29). The molecule has 7 heteroatoms. The maximum atomic E-state index is 6.41. The molecule has 7 nitrogen and oxygen atoms in total. The zero-order valence-electron chi connectivity index (χ0n) is 17.2. The number of para-hydroxylation sites is 2. The third-order valence-electron chi connectivity index (χ3n) is 4.56. The third-order valence-corrected chi connectivity index (χ3v) is 4.56. The zero-order chi connectivity index (χ0) is 21.5. The van der Waals surface area contributed by atoms with Crippen molar-refractivity contribution >= 4 is 34.4 Å². The Labute approximate surface area is 181 Å². The van der Waals surface area contributed by atoms with E-state index in [0.29, 0.717) is 23.9 Å². The van der Waals surface area contributed by atoms with Gasteiger partial charge in [-0.1, -0.05) is 36.4 Å². The van der Waals surface area contributed by atoms with Crippen LogP contribution in [-0.2, 0) is 0 Å². The Kier molecular flexibility index (Phi) is 6.13. The van der Waals surface area contributed by atoms with Crippen LogP contribution in [0.2, 0.25) is 0 Å². The minimum Gasteiger partial charge on any atom is -0.494 e. The molecule has 1 aromatic heterocycles. The number of hydrazine groups is 1. The van der Waals surface area contributed by atoms with Crippen molar-refractivity contribution in [1.82, 2.24) is 9.97 Å². The monoisotopic (exact) mass is 412 g/mol. The van der Waals surface area contributed by atoms with Gasteiger partial charge in [-0.25, -0.2) is 9.97 Å². The van der Waals surface area contributed by atoms with Crippen LogP contribution in [0.3, 0.4) is 0 Å². The fourth-order valence-corrected chi connectivity index (χ4v) is 3.06. The largest absolute Gasteiger partial charge is 0.494 e. The van der Waals surface area contributed by atoms with Crippen LogP contribution < -0.4 is 26.2 Å². The van der Waals surface area contributed by atoms with E-state index in [1.807, 2.05) is 96.9 Å². The first-order valence-electron chi connectivity index (χ1n) is 10.0. The smallest absolute Gasteiger partial charge is 0.173 e. The molecule has 0 saturated heterocycles. The van der Waals surface area contributed by atoms with Crippen LogP contribution in [0.4, 0.5) is 34.4 Å². The maximum Gasteiger partial charge on any atom is 0.173 e. The first-order chi connectivity index (χ1) is 15.2. The van der Waals surface area contributed by atoms with Gasteiger partial charge in [0.25, 0.3) is 0 Å². The van der Waals surface area contributed by atoms with Crippen LogP contribution in [-0.4, -0.2) is 16.6 Å². The fourth-order valence-electron chi connectivity index (χ4n) is 3.06. The Balaban J connectivity index is 1.60. The number of nitrogens with one attached hydrogen (secondary N) is 2. The summed E-state index contributed by atoms with van der Waals surface area (Å²) in [4.78, 5) is 8.67. The highest BCUT2D eigenvalue weighted by Crippen LogP contribution is 2.30. The summed E-state index contributed by atoms with van der Waals surface area (Å²) in [7, 11) is 0. The molecule has 0 fully saturated rings. The van der Waals surface area contributed by atoms with Gasteiger partial charge < -0.3 is 15.8 Å². The highest BCUT2D eigenvalue weighted by atomic mass is 16.5. The normalized spacial score (nSPS) is 10.4. The molecule has 4 aromatic rings. The zero-order valence-corrected chi connectivity index (χ0v) is 17.2. The summed E-state index contributed by atoms with van der Waals surface area (Å²) in [6.07, 6.45) is 1.48. The molecule has 0 bridgehead atoms. The van der Waals surface area contributed by atoms with E-state index < -0.39 is 0 Å². The van der Waals surface area contributed by atoms with Crippen molar-refractivity contribution < 1.29 is 4.74 Å². The van der Waals surface area contributed by atoms with E-state index in [4.69, 9.17) is 10.5 Å². The molecule has 0 amide bonds. The van der Waals surface area contributed by atoms with E-state index in [2.05, 4.69) is 20.7 Å². The second-order valence-corrected chi connectivity index (χ2v) is 6.69. The number of hydrogen-bond donors (Lipinski definition) is 3. The average molecular weight is 412 g/mol. The number of nitrogen functional groups attached to an aromatic ring is 1. The van der Waals surface area contributed by atoms with Crippen molar-refractivity contribution in [3.05, 3.63) is 91.3 Å². The average Bonchev–Trinajstić information content (AvgIpc) is 2.82. The Hall–Kier alpha value is -4.26. The van der Waals surface area contributed by atoms with Crippen LogP contribution in [0.25, 0.3) is 0 Å². The summed E-state index contributed by atoms with van der Waals surface area (Å²) in [6.45, 7) is 2.58. The summed E-state index contributed by atoms with van der Waals surface area (Å²) in [5, 5.41) is 5.17. The number of benzene rings is 3. The Bertz CT molecular complexity index is 1060. The number of hydrogen-bond acceptors (Lipinski definition) is 7. The number of anilines is 6. The maximum absolute atomic E-state index is 6.41. The summed E-state index contributed by atoms with van der Waals surface area (Å²) >= 11 is 0. The second-order valence-electron chi connectivity index (χ2n) is 6.69. The predicted molar refractivity (Wildman–Crippen MR) is 126 cm³/mol. The van der Waals surface area contributed by atoms with Crippen molar-refractivity contribution in [1.29, 1.82) is 0 Å². The minimum absolute atomic E-state index is 0.410. The van der Waals surface area contributed by atoms with Gasteiger partial charge in [0, 0.05) is 5.69 Å². The van der Waals surface area contributed by atoms with Gasteiger partial charge >= 0.3 is 0 Å². The van der Waals surface area contributed by atoms with Gasteiger partial charge in [-0.2, -0.15) is 0 Å². The van der Waals surface area contributed by atoms with Gasteiger partial charge in [0.2, 0.25) is 0 Å². The number of nitrogens with two attached hydrogens (primary N) is 1. The summed E-state index contributed by atoms with van der Waals surface area (Å²) < 4.78 is 5.49. The highest BCUT2D eigenvalue weighted by Gasteiger charge is 2.14. The van der Waals surface area contributed by atoms with Gasteiger partial charge in [-0.3, -0.25) is 10.4 Å². The molecule has 31 heavy (non-hydrogen) atoms. The lowest BCUT2D eigenvalue weighted by molar-refractivity contribution is 0.340. The van der Waals surface area contributed by atoms with Crippen LogP contribution in [0.1, 0.15) is 6.92 Å². The summed E-state index contributed by atoms with van der Waals surface area (Å²) in [6, 6.07) is 27.5. The Morgan fingerprint density at radius 3 is 1.97 bits per heavy atom. The van der Waals surface area contributed by atoms with Crippen molar-refractivity contribution in [2.75, 3.05) is 28.1 Å². The minimum atomic E-state index is 0.410. The van der Waals surface area contributed by atoms with E-state index in [0.717, 1.165) is 22.8 Å². The van der Waals surface area contributed by atoms with Gasteiger partial charge in [-0.15, -0.1) is 0 Å². The third kappa shape index (κ3) is 4.84. The first-order valence-corrected chi connectivity index (χ1v) is 10.0. The molecule has 0 spiro atoms. The second kappa shape index (κ2) is 9.49. The summed E-state index contributed by atoms with van der Waals surface area (Å²) in [5.74, 6) is 1.83. The van der Waals surface area contributed by atoms with E-state index >= 15 is 0 Å². The Morgan fingerprint density at radius 2 is 1.39 bits per heavy atom. The van der Waals surface area contributed by atoms with E-state index in [1.54, 1.807) is 0 Å². The molecule has 0 atom stereocenters. The van der Waals surface area contributed by atoms with E-state index in [-0.39, 0.29) is 0 Å². The lowest BCUT2D eigenvalue weighted by Gasteiger charge is -2.26. The number of nitrogens with zero attached hydrogens (tertiary/aromatic N) is 3. The van der Waals surface area contributed by atoms with Gasteiger partial charge in [-0.05, 0) is 55.5 Å². The number of rotatable bonds is 8. The van der Waals surface area contributed by atoms with Crippen LogP contribution >= 0.6 is 0 Å². The predicted octanol–water partition coefficient (Wildman–Crippen LogP) is 5.37. The quantitative estimate of drug-likeness (QED) is 0.335. The van der Waals surface area contributed by atoms with Crippen LogP contribution in [0.5, 0.6) is 5.75 Å². The van der Waals surface area contributed by atoms with E-state index in [1.165, 1.54) is 6.33 Å². The molecule has 0 aliphatic rings. The lowest BCUT2D eigenvalue weighted by Crippen LogP contribution is -2.26. The molecule has 4 N–H and O–H groups in total. The molecule has 0 saturated carbocycles. The lowest BCUT2D eigenvalue weighted by atomic mass is 10.2. The molecule has 1 heterocycles. The van der Waals surface area contributed by atoms with Crippen LogP contribution in [0, 0.1) is 0 Å². The molecule has 156 valence electrons. The van der Waals surface area contributed by atoms with Gasteiger partial charge in [0.05, 0.1) is 18.0 Å². The van der Waals surface area contributed by atoms with Crippen molar-refractivity contribution in [3.63, 3.8) is 0 Å². The number of ether oxygens (including phenoxy) is 1. The van der Waals surface area contributed by atoms with Gasteiger partial charge in [0.1, 0.15) is 17.8 Å². The van der Waals surface area contributed by atoms with Crippen molar-refractivity contribution in [2.24, 2.45) is 0 Å². The first kappa shape index (κ1) is 20.0. The molecule has 0 aliphatic carbocycles. The van der Waals surface area contributed by atoms with Crippen LogP contribution in [0.15, 0.2) is 91.3 Å². The Morgan fingerprint density at radius 1 is 0.806 bits per heavy atom. The van der Waals surface area contributed by atoms with Crippen molar-refractivity contribution in [3.8, 4) is 5.75 Å². The SMILES string of the molecule is CCOc1ccc(Nc2ncnc(NN(c3ccccc3)c3ccccc3)c2N)cc1. The molecule has 0 unspecified atom stereocenters. The highest BCUT2D eigenvalue weighted by molar-refractivity contribution is 5.80. The molecule has 4 rings (SSSR count). The number of aromatic nitrogens is 2. The fraction of sp³-hybridized carbons (Fsp3) is 0.0833. The molecule has 0 radical (unpaired) electrons.